The fraction of sp³-hybridized carbons (Fsp3) is 0.217. The van der Waals surface area contributed by atoms with Gasteiger partial charge < -0.3 is 4.48 Å². The van der Waals surface area contributed by atoms with Crippen molar-refractivity contribution in [1.82, 2.24) is 0 Å². The molecule has 0 radical (unpaired) electrons. The second-order valence-electron chi connectivity index (χ2n) is 6.87. The third kappa shape index (κ3) is 4.81. The lowest BCUT2D eigenvalue weighted by molar-refractivity contribution is -0.935. The van der Waals surface area contributed by atoms with Crippen molar-refractivity contribution in [2.45, 2.75) is 19.5 Å². The van der Waals surface area contributed by atoms with E-state index in [2.05, 4.69) is 98.0 Å². The van der Waals surface area contributed by atoms with Crippen LogP contribution >= 0.6 is 0 Å². The zero-order valence-corrected chi connectivity index (χ0v) is 14.4. The molecular formula is C23H26N+. The van der Waals surface area contributed by atoms with Gasteiger partial charge in [-0.05, 0) is 5.56 Å². The van der Waals surface area contributed by atoms with E-state index in [-0.39, 0.29) is 0 Å². The van der Waals surface area contributed by atoms with Gasteiger partial charge in [0.15, 0.2) is 0 Å². The highest BCUT2D eigenvalue weighted by Gasteiger charge is 2.22. The maximum absolute atomic E-state index is 2.38. The zero-order chi connectivity index (χ0) is 16.7. The molecule has 0 aliphatic heterocycles. The molecule has 3 aromatic rings. The summed E-state index contributed by atoms with van der Waals surface area (Å²) in [5.74, 6) is 0. The summed E-state index contributed by atoms with van der Waals surface area (Å²) >= 11 is 0. The van der Waals surface area contributed by atoms with Crippen LogP contribution in [0, 0.1) is 0 Å². The average Bonchev–Trinajstić information content (AvgIpc) is 2.63. The monoisotopic (exact) mass is 316 g/mol. The molecule has 0 atom stereocenters. The fourth-order valence-electron chi connectivity index (χ4n) is 3.31. The van der Waals surface area contributed by atoms with Crippen molar-refractivity contribution in [3.05, 3.63) is 108 Å². The Morgan fingerprint density at radius 3 is 1.33 bits per heavy atom. The lowest BCUT2D eigenvalue weighted by atomic mass is 10.1. The van der Waals surface area contributed by atoms with Gasteiger partial charge in [0.1, 0.15) is 13.1 Å². The molecular weight excluding hydrogens is 290 g/mol. The molecule has 1 nitrogen and oxygen atoms in total. The molecule has 0 aliphatic carbocycles. The Bertz CT molecular complexity index is 678. The van der Waals surface area contributed by atoms with Crippen LogP contribution in [0.25, 0.3) is 0 Å². The molecule has 0 unspecified atom stereocenters. The minimum absolute atomic E-state index is 1.02. The van der Waals surface area contributed by atoms with E-state index in [9.17, 15) is 0 Å². The van der Waals surface area contributed by atoms with Gasteiger partial charge in [-0.25, -0.2) is 0 Å². The first-order chi connectivity index (χ1) is 11.7. The highest BCUT2D eigenvalue weighted by molar-refractivity contribution is 5.16. The summed E-state index contributed by atoms with van der Waals surface area (Å²) in [4.78, 5) is 0. The van der Waals surface area contributed by atoms with E-state index in [1.807, 2.05) is 0 Å². The quantitative estimate of drug-likeness (QED) is 0.533. The summed E-state index contributed by atoms with van der Waals surface area (Å²) in [6, 6.07) is 32.5. The van der Waals surface area contributed by atoms with Crippen molar-refractivity contribution < 1.29 is 4.48 Å². The van der Waals surface area contributed by atoms with Crippen LogP contribution in [0.1, 0.15) is 16.7 Å². The van der Waals surface area contributed by atoms with Crippen LogP contribution in [0.4, 0.5) is 0 Å². The summed E-state index contributed by atoms with van der Waals surface area (Å²) in [5.41, 5.74) is 4.23. The van der Waals surface area contributed by atoms with Gasteiger partial charge in [0.25, 0.3) is 0 Å². The van der Waals surface area contributed by atoms with Gasteiger partial charge in [-0.2, -0.15) is 0 Å². The first-order valence-electron chi connectivity index (χ1n) is 8.69. The molecule has 3 aromatic carbocycles. The van der Waals surface area contributed by atoms with Gasteiger partial charge in [-0.3, -0.25) is 0 Å². The van der Waals surface area contributed by atoms with Crippen molar-refractivity contribution in [3.63, 3.8) is 0 Å². The summed E-state index contributed by atoms with van der Waals surface area (Å²) in [6.45, 7) is 3.25. The molecule has 0 saturated carbocycles. The highest BCUT2D eigenvalue weighted by Crippen LogP contribution is 2.18. The Morgan fingerprint density at radius 2 is 0.917 bits per heavy atom. The maximum Gasteiger partial charge on any atom is 0.104 e. The number of benzene rings is 3. The number of hydrogen-bond acceptors (Lipinski definition) is 0. The van der Waals surface area contributed by atoms with Crippen LogP contribution in [0.2, 0.25) is 0 Å². The van der Waals surface area contributed by atoms with Crippen LogP contribution in [0.5, 0.6) is 0 Å². The lowest BCUT2D eigenvalue weighted by Gasteiger charge is -2.35. The van der Waals surface area contributed by atoms with E-state index in [0.29, 0.717) is 0 Å². The van der Waals surface area contributed by atoms with Crippen LogP contribution in [0.15, 0.2) is 91.0 Å². The second kappa shape index (κ2) is 7.94. The zero-order valence-electron chi connectivity index (χ0n) is 14.4. The first-order valence-corrected chi connectivity index (χ1v) is 8.69. The molecule has 0 saturated heterocycles. The minimum atomic E-state index is 1.02. The summed E-state index contributed by atoms with van der Waals surface area (Å²) in [6.07, 6.45) is 1.11. The molecule has 24 heavy (non-hydrogen) atoms. The molecule has 0 fully saturated rings. The largest absolute Gasteiger partial charge is 0.318 e. The standard InChI is InChI=1S/C23H26N/c1-24(19-22-13-7-3-8-14-22,20-23-15-9-4-10-16-23)18-17-21-11-5-2-6-12-21/h2-16H,17-20H2,1H3/q+1. The van der Waals surface area contributed by atoms with Crippen molar-refractivity contribution in [3.8, 4) is 0 Å². The lowest BCUT2D eigenvalue weighted by Crippen LogP contribution is -2.44. The summed E-state index contributed by atoms with van der Waals surface area (Å²) in [7, 11) is 2.38. The van der Waals surface area contributed by atoms with Crippen LogP contribution in [-0.4, -0.2) is 18.1 Å². The van der Waals surface area contributed by atoms with Crippen LogP contribution < -0.4 is 0 Å². The molecule has 0 amide bonds. The van der Waals surface area contributed by atoms with Gasteiger partial charge in [0.05, 0.1) is 13.6 Å². The van der Waals surface area contributed by atoms with Gasteiger partial charge >= 0.3 is 0 Å². The molecule has 122 valence electrons. The van der Waals surface area contributed by atoms with E-state index in [0.717, 1.165) is 30.5 Å². The predicted molar refractivity (Wildman–Crippen MR) is 101 cm³/mol. The topological polar surface area (TPSA) is 0 Å². The normalized spacial score (nSPS) is 11.4. The highest BCUT2D eigenvalue weighted by atomic mass is 15.3. The number of hydrogen-bond donors (Lipinski definition) is 0. The van der Waals surface area contributed by atoms with Gasteiger partial charge in [-0.15, -0.1) is 0 Å². The maximum atomic E-state index is 2.38. The minimum Gasteiger partial charge on any atom is -0.318 e. The van der Waals surface area contributed by atoms with Crippen LogP contribution in [0.3, 0.4) is 0 Å². The van der Waals surface area contributed by atoms with Crippen molar-refractivity contribution in [2.24, 2.45) is 0 Å². The van der Waals surface area contributed by atoms with Gasteiger partial charge in [-0.1, -0.05) is 91.0 Å². The van der Waals surface area contributed by atoms with E-state index < -0.39 is 0 Å². The number of nitrogens with zero attached hydrogens (tertiary/aromatic N) is 1. The Balaban J connectivity index is 1.76. The Hall–Kier alpha value is -2.38. The average molecular weight is 316 g/mol. The summed E-state index contributed by atoms with van der Waals surface area (Å²) in [5, 5.41) is 0. The van der Waals surface area contributed by atoms with E-state index in [1.165, 1.54) is 16.7 Å². The predicted octanol–water partition coefficient (Wildman–Crippen LogP) is 5.08. The van der Waals surface area contributed by atoms with E-state index in [1.54, 1.807) is 0 Å². The van der Waals surface area contributed by atoms with Crippen molar-refractivity contribution in [2.75, 3.05) is 13.6 Å². The van der Waals surface area contributed by atoms with Gasteiger partial charge in [0, 0.05) is 17.5 Å². The molecule has 0 spiro atoms. The molecule has 0 bridgehead atoms. The molecule has 1 heteroatoms. The molecule has 0 N–H and O–H groups in total. The number of likely N-dealkylation sites (N-methyl/N-ethyl adjacent to an activating group) is 1. The van der Waals surface area contributed by atoms with E-state index in [4.69, 9.17) is 0 Å². The van der Waals surface area contributed by atoms with Crippen molar-refractivity contribution >= 4 is 0 Å². The number of rotatable bonds is 7. The van der Waals surface area contributed by atoms with E-state index >= 15 is 0 Å². The Kier molecular flexibility index (Phi) is 5.45. The third-order valence-corrected chi connectivity index (χ3v) is 4.60. The third-order valence-electron chi connectivity index (χ3n) is 4.60. The molecule has 3 rings (SSSR count). The SMILES string of the molecule is C[N+](CCc1ccccc1)(Cc1ccccc1)Cc1ccccc1. The number of quaternary nitrogens is 1. The smallest absolute Gasteiger partial charge is 0.104 e. The fourth-order valence-corrected chi connectivity index (χ4v) is 3.31. The molecule has 0 aromatic heterocycles. The Morgan fingerprint density at radius 1 is 0.542 bits per heavy atom. The Labute approximate surface area is 145 Å². The van der Waals surface area contributed by atoms with Gasteiger partial charge in [0.2, 0.25) is 0 Å². The first kappa shape index (κ1) is 16.5. The molecule has 0 heterocycles. The van der Waals surface area contributed by atoms with Crippen molar-refractivity contribution in [1.29, 1.82) is 0 Å². The second-order valence-corrected chi connectivity index (χ2v) is 6.87. The van der Waals surface area contributed by atoms with Crippen LogP contribution in [-0.2, 0) is 19.5 Å². The summed E-state index contributed by atoms with van der Waals surface area (Å²) < 4.78 is 1.02. The molecule has 0 aliphatic rings.